The molecule has 0 bridgehead atoms. The highest BCUT2D eigenvalue weighted by Crippen LogP contribution is 2.21. The molecule has 10 heteroatoms. The Hall–Kier alpha value is -2.41. The number of halogens is 1. The molecular weight excluding hydrogens is 374 g/mol. The molecule has 0 unspecified atom stereocenters. The van der Waals surface area contributed by atoms with Crippen molar-refractivity contribution in [2.24, 2.45) is 0 Å². The van der Waals surface area contributed by atoms with Crippen LogP contribution in [0.4, 0.5) is 15.7 Å². The summed E-state index contributed by atoms with van der Waals surface area (Å²) in [6, 6.07) is 6.02. The maximum absolute atomic E-state index is 11.6. The van der Waals surface area contributed by atoms with Crippen molar-refractivity contribution in [3.63, 3.8) is 0 Å². The van der Waals surface area contributed by atoms with E-state index in [4.69, 9.17) is 5.26 Å². The van der Waals surface area contributed by atoms with Crippen LogP contribution in [0.2, 0.25) is 0 Å². The fourth-order valence-electron chi connectivity index (χ4n) is 2.66. The average molecular weight is 394 g/mol. The van der Waals surface area contributed by atoms with Gasteiger partial charge in [0.1, 0.15) is 16.8 Å². The van der Waals surface area contributed by atoms with Crippen molar-refractivity contribution in [2.45, 2.75) is 6.54 Å². The number of hydrogen-bond acceptors (Lipinski definition) is 7. The van der Waals surface area contributed by atoms with Crippen molar-refractivity contribution < 1.29 is 4.79 Å². The van der Waals surface area contributed by atoms with Crippen molar-refractivity contribution >= 4 is 40.7 Å². The number of pyridine rings is 1. The number of rotatable bonds is 4. The van der Waals surface area contributed by atoms with Crippen LogP contribution in [0.25, 0.3) is 0 Å². The van der Waals surface area contributed by atoms with Gasteiger partial charge in [-0.1, -0.05) is 11.3 Å². The number of urea groups is 1. The van der Waals surface area contributed by atoms with Gasteiger partial charge in [0.05, 0.1) is 6.20 Å². The van der Waals surface area contributed by atoms with Gasteiger partial charge in [0.2, 0.25) is 0 Å². The first kappa shape index (κ1) is 19.9. The molecule has 0 saturated carbocycles. The third-order valence-corrected chi connectivity index (χ3v) is 4.77. The number of nitrogens with one attached hydrogen (secondary N) is 2. The SMILES string of the molecule is CNC(=O)N1CCN(Cc2ccnc(Nc3ncc(C#N)s3)c2)CC1.Cl. The minimum absolute atomic E-state index is 0. The first-order valence-corrected chi connectivity index (χ1v) is 8.76. The normalized spacial score (nSPS) is 14.2. The summed E-state index contributed by atoms with van der Waals surface area (Å²) in [6.45, 7) is 3.95. The lowest BCUT2D eigenvalue weighted by atomic mass is 10.2. The van der Waals surface area contributed by atoms with E-state index < -0.39 is 0 Å². The van der Waals surface area contributed by atoms with Gasteiger partial charge in [-0.15, -0.1) is 12.4 Å². The molecule has 2 aromatic rings. The summed E-state index contributed by atoms with van der Waals surface area (Å²) < 4.78 is 0. The molecule has 0 spiro atoms. The third kappa shape index (κ3) is 5.05. The molecule has 8 nitrogen and oxygen atoms in total. The van der Waals surface area contributed by atoms with Crippen molar-refractivity contribution in [1.29, 1.82) is 5.26 Å². The van der Waals surface area contributed by atoms with Crippen LogP contribution in [0.15, 0.2) is 24.5 Å². The zero-order chi connectivity index (χ0) is 17.6. The van der Waals surface area contributed by atoms with Crippen LogP contribution in [0.3, 0.4) is 0 Å². The third-order valence-electron chi connectivity index (χ3n) is 3.95. The number of piperazine rings is 1. The maximum atomic E-state index is 11.6. The second-order valence-electron chi connectivity index (χ2n) is 5.63. The zero-order valence-electron chi connectivity index (χ0n) is 14.3. The number of carbonyl (C=O) groups excluding carboxylic acids is 1. The lowest BCUT2D eigenvalue weighted by Crippen LogP contribution is -2.50. The van der Waals surface area contributed by atoms with Gasteiger partial charge in [-0.2, -0.15) is 5.26 Å². The first-order chi connectivity index (χ1) is 12.2. The molecule has 1 fully saturated rings. The summed E-state index contributed by atoms with van der Waals surface area (Å²) >= 11 is 1.30. The minimum atomic E-state index is -0.0183. The standard InChI is InChI=1S/C16H19N7OS.ClH/c1-18-16(24)23-6-4-22(5-7-23)11-12-2-3-19-14(8-12)21-15-20-10-13(9-17)25-15;/h2-3,8,10H,4-7,11H2,1H3,(H,18,24)(H,19,20,21);1H. The lowest BCUT2D eigenvalue weighted by Gasteiger charge is -2.34. The van der Waals surface area contributed by atoms with E-state index in [9.17, 15) is 4.79 Å². The molecule has 3 rings (SSSR count). The average Bonchev–Trinajstić information content (AvgIpc) is 3.09. The predicted octanol–water partition coefficient (Wildman–Crippen LogP) is 2.03. The Bertz CT molecular complexity index is 783. The van der Waals surface area contributed by atoms with Gasteiger partial charge in [0, 0.05) is 46.0 Å². The Labute approximate surface area is 162 Å². The number of anilines is 2. The maximum Gasteiger partial charge on any atom is 0.317 e. The molecule has 2 aromatic heterocycles. The van der Waals surface area contributed by atoms with Gasteiger partial charge in [0.25, 0.3) is 0 Å². The molecule has 3 heterocycles. The second-order valence-corrected chi connectivity index (χ2v) is 6.66. The number of nitrogens with zero attached hydrogens (tertiary/aromatic N) is 5. The Kier molecular flexibility index (Phi) is 7.15. The zero-order valence-corrected chi connectivity index (χ0v) is 15.9. The Morgan fingerprint density at radius 2 is 2.12 bits per heavy atom. The number of thiazole rings is 1. The number of hydrogen-bond donors (Lipinski definition) is 2. The highest BCUT2D eigenvalue weighted by Gasteiger charge is 2.20. The molecule has 1 saturated heterocycles. The van der Waals surface area contributed by atoms with Crippen LogP contribution >= 0.6 is 23.7 Å². The Balaban J connectivity index is 0.00000243. The minimum Gasteiger partial charge on any atom is -0.341 e. The van der Waals surface area contributed by atoms with E-state index in [1.165, 1.54) is 11.3 Å². The molecule has 2 N–H and O–H groups in total. The van der Waals surface area contributed by atoms with Crippen molar-refractivity contribution in [3.8, 4) is 6.07 Å². The fraction of sp³-hybridized carbons (Fsp3) is 0.375. The highest BCUT2D eigenvalue weighted by molar-refractivity contribution is 7.16. The summed E-state index contributed by atoms with van der Waals surface area (Å²) in [4.78, 5) is 24.8. The lowest BCUT2D eigenvalue weighted by molar-refractivity contribution is 0.136. The molecule has 0 aromatic carbocycles. The molecule has 0 radical (unpaired) electrons. The van der Waals surface area contributed by atoms with Gasteiger partial charge < -0.3 is 15.5 Å². The van der Waals surface area contributed by atoms with E-state index in [-0.39, 0.29) is 18.4 Å². The van der Waals surface area contributed by atoms with E-state index in [1.807, 2.05) is 17.0 Å². The van der Waals surface area contributed by atoms with Crippen molar-refractivity contribution in [3.05, 3.63) is 35.0 Å². The van der Waals surface area contributed by atoms with Gasteiger partial charge >= 0.3 is 6.03 Å². The molecule has 0 atom stereocenters. The summed E-state index contributed by atoms with van der Waals surface area (Å²) in [7, 11) is 1.65. The topological polar surface area (TPSA) is 97.2 Å². The fourth-order valence-corrected chi connectivity index (χ4v) is 3.28. The Morgan fingerprint density at radius 3 is 2.77 bits per heavy atom. The Morgan fingerprint density at radius 1 is 1.35 bits per heavy atom. The number of carbonyl (C=O) groups is 1. The van der Waals surface area contributed by atoms with E-state index in [0.29, 0.717) is 15.8 Å². The number of aromatic nitrogens is 2. The second kappa shape index (κ2) is 9.33. The summed E-state index contributed by atoms with van der Waals surface area (Å²) in [5.74, 6) is 0.709. The molecule has 1 aliphatic rings. The summed E-state index contributed by atoms with van der Waals surface area (Å²) in [6.07, 6.45) is 3.31. The summed E-state index contributed by atoms with van der Waals surface area (Å²) in [5, 5.41) is 15.3. The van der Waals surface area contributed by atoms with Crippen LogP contribution in [-0.4, -0.2) is 59.0 Å². The highest BCUT2D eigenvalue weighted by atomic mass is 35.5. The van der Waals surface area contributed by atoms with E-state index >= 15 is 0 Å². The number of amides is 2. The van der Waals surface area contributed by atoms with Gasteiger partial charge in [-0.25, -0.2) is 14.8 Å². The van der Waals surface area contributed by atoms with Gasteiger partial charge in [0.15, 0.2) is 5.13 Å². The summed E-state index contributed by atoms with van der Waals surface area (Å²) in [5.41, 5.74) is 1.14. The van der Waals surface area contributed by atoms with Gasteiger partial charge in [-0.3, -0.25) is 4.90 Å². The largest absolute Gasteiger partial charge is 0.341 e. The van der Waals surface area contributed by atoms with E-state index in [0.717, 1.165) is 38.3 Å². The van der Waals surface area contributed by atoms with Crippen LogP contribution in [-0.2, 0) is 6.54 Å². The van der Waals surface area contributed by atoms with E-state index in [2.05, 4.69) is 31.6 Å². The van der Waals surface area contributed by atoms with E-state index in [1.54, 1.807) is 19.4 Å². The molecule has 2 amide bonds. The van der Waals surface area contributed by atoms with Crippen LogP contribution in [0, 0.1) is 11.3 Å². The molecular formula is C16H20ClN7OS. The molecule has 26 heavy (non-hydrogen) atoms. The van der Waals surface area contributed by atoms with Crippen molar-refractivity contribution in [1.82, 2.24) is 25.1 Å². The first-order valence-electron chi connectivity index (χ1n) is 7.95. The van der Waals surface area contributed by atoms with Crippen LogP contribution in [0.5, 0.6) is 0 Å². The van der Waals surface area contributed by atoms with Crippen molar-refractivity contribution in [2.75, 3.05) is 38.5 Å². The number of nitriles is 1. The van der Waals surface area contributed by atoms with Gasteiger partial charge in [-0.05, 0) is 17.7 Å². The predicted molar refractivity (Wildman–Crippen MR) is 103 cm³/mol. The molecule has 1 aliphatic heterocycles. The molecule has 0 aliphatic carbocycles. The molecule has 138 valence electrons. The van der Waals surface area contributed by atoms with Crippen LogP contribution in [0.1, 0.15) is 10.4 Å². The quantitative estimate of drug-likeness (QED) is 0.824. The monoisotopic (exact) mass is 393 g/mol. The van der Waals surface area contributed by atoms with Crippen LogP contribution < -0.4 is 10.6 Å². The smallest absolute Gasteiger partial charge is 0.317 e.